The van der Waals surface area contributed by atoms with Gasteiger partial charge in [0, 0.05) is 11.8 Å². The molecule has 0 N–H and O–H groups in total. The lowest BCUT2D eigenvalue weighted by atomic mass is 9.44. The van der Waals surface area contributed by atoms with Crippen LogP contribution in [-0.2, 0) is 9.59 Å². The molecule has 120 valence electrons. The third-order valence-corrected chi connectivity index (χ3v) is 6.63. The first kappa shape index (κ1) is 15.9. The topological polar surface area (TPSA) is 81.7 Å². The van der Waals surface area contributed by atoms with E-state index in [9.17, 15) is 14.9 Å². The summed E-state index contributed by atoms with van der Waals surface area (Å²) in [5.74, 6) is -0.706. The van der Waals surface area contributed by atoms with E-state index in [0.29, 0.717) is 19.3 Å². The lowest BCUT2D eigenvalue weighted by Crippen LogP contribution is -2.57. The molecule has 2 fully saturated rings. The van der Waals surface area contributed by atoms with Crippen molar-refractivity contribution in [3.05, 3.63) is 12.2 Å². The molecule has 3 aliphatic carbocycles. The zero-order valence-electron chi connectivity index (χ0n) is 13.9. The Bertz CT molecular complexity index is 678. The van der Waals surface area contributed by atoms with Gasteiger partial charge in [-0.2, -0.15) is 10.5 Å². The molecule has 4 nitrogen and oxygen atoms in total. The Kier molecular flexibility index (Phi) is 3.49. The Hall–Kier alpha value is -1.94. The van der Waals surface area contributed by atoms with Gasteiger partial charge in [0.1, 0.15) is 17.6 Å². The van der Waals surface area contributed by atoms with Crippen molar-refractivity contribution >= 4 is 11.6 Å². The maximum absolute atomic E-state index is 12.6. The second-order valence-electron chi connectivity index (χ2n) is 8.20. The van der Waals surface area contributed by atoms with Gasteiger partial charge >= 0.3 is 0 Å². The lowest BCUT2D eigenvalue weighted by Gasteiger charge is -2.58. The Morgan fingerprint density at radius 1 is 1.09 bits per heavy atom. The van der Waals surface area contributed by atoms with Gasteiger partial charge in [0.05, 0.1) is 12.1 Å². The summed E-state index contributed by atoms with van der Waals surface area (Å²) in [6.07, 6.45) is 5.73. The SMILES string of the molecule is CC1(C)C(=O)C(C#N)CC2(C)C3CC(=O)C(C#N)CC3C=CC12. The van der Waals surface area contributed by atoms with E-state index in [4.69, 9.17) is 5.26 Å². The van der Waals surface area contributed by atoms with Crippen LogP contribution in [0.2, 0.25) is 0 Å². The number of fused-ring (bicyclic) bond motifs is 3. The van der Waals surface area contributed by atoms with Crippen LogP contribution in [-0.4, -0.2) is 11.6 Å². The highest BCUT2D eigenvalue weighted by Crippen LogP contribution is 2.61. The first-order chi connectivity index (χ1) is 10.8. The minimum atomic E-state index is -0.595. The molecule has 0 aromatic rings. The lowest BCUT2D eigenvalue weighted by molar-refractivity contribution is -0.149. The first-order valence-electron chi connectivity index (χ1n) is 8.30. The second kappa shape index (κ2) is 5.03. The Labute approximate surface area is 137 Å². The predicted octanol–water partition coefficient (Wildman–Crippen LogP) is 3.05. The molecule has 0 aliphatic heterocycles. The molecule has 0 radical (unpaired) electrons. The number of Topliss-reactive ketones (excluding diaryl/α,β-unsaturated/α-hetero) is 2. The fraction of sp³-hybridized carbons (Fsp3) is 0.684. The van der Waals surface area contributed by atoms with Gasteiger partial charge in [0.15, 0.2) is 5.78 Å². The van der Waals surface area contributed by atoms with Crippen LogP contribution in [0.25, 0.3) is 0 Å². The smallest absolute Gasteiger partial charge is 0.156 e. The molecule has 6 unspecified atom stereocenters. The molecule has 0 amide bonds. The van der Waals surface area contributed by atoms with Crippen LogP contribution in [0.5, 0.6) is 0 Å². The molecular formula is C19H22N2O2. The highest BCUT2D eigenvalue weighted by Gasteiger charge is 2.60. The molecule has 23 heavy (non-hydrogen) atoms. The number of carbonyl (C=O) groups is 2. The summed E-state index contributed by atoms with van der Waals surface area (Å²) in [4.78, 5) is 24.9. The molecular weight excluding hydrogens is 288 g/mol. The summed E-state index contributed by atoms with van der Waals surface area (Å²) in [6, 6.07) is 4.31. The minimum Gasteiger partial charge on any atom is -0.298 e. The maximum atomic E-state index is 12.6. The number of nitrogens with zero attached hydrogens (tertiary/aromatic N) is 2. The predicted molar refractivity (Wildman–Crippen MR) is 83.6 cm³/mol. The fourth-order valence-corrected chi connectivity index (χ4v) is 5.42. The van der Waals surface area contributed by atoms with Crippen molar-refractivity contribution in [3.63, 3.8) is 0 Å². The van der Waals surface area contributed by atoms with Gasteiger partial charge in [-0.15, -0.1) is 0 Å². The normalized spacial score (nSPS) is 44.7. The van der Waals surface area contributed by atoms with Crippen molar-refractivity contribution in [2.75, 3.05) is 0 Å². The molecule has 0 saturated heterocycles. The number of carbonyl (C=O) groups excluding carboxylic acids is 2. The van der Waals surface area contributed by atoms with Crippen LogP contribution in [0.1, 0.15) is 40.0 Å². The van der Waals surface area contributed by atoms with Gasteiger partial charge < -0.3 is 0 Å². The first-order valence-corrected chi connectivity index (χ1v) is 8.30. The van der Waals surface area contributed by atoms with E-state index in [-0.39, 0.29) is 34.7 Å². The van der Waals surface area contributed by atoms with E-state index in [1.54, 1.807) is 0 Å². The van der Waals surface area contributed by atoms with E-state index < -0.39 is 17.3 Å². The van der Waals surface area contributed by atoms with Crippen LogP contribution in [0.4, 0.5) is 0 Å². The van der Waals surface area contributed by atoms with Crippen LogP contribution < -0.4 is 0 Å². The van der Waals surface area contributed by atoms with Crippen molar-refractivity contribution in [1.82, 2.24) is 0 Å². The monoisotopic (exact) mass is 310 g/mol. The molecule has 0 aromatic heterocycles. The highest BCUT2D eigenvalue weighted by molar-refractivity contribution is 5.90. The Balaban J connectivity index is 2.05. The van der Waals surface area contributed by atoms with Gasteiger partial charge in [-0.25, -0.2) is 0 Å². The molecule has 2 saturated carbocycles. The molecule has 4 heteroatoms. The van der Waals surface area contributed by atoms with E-state index in [0.717, 1.165) is 0 Å². The number of hydrogen-bond donors (Lipinski definition) is 0. The average Bonchev–Trinajstić information content (AvgIpc) is 2.51. The van der Waals surface area contributed by atoms with Crippen molar-refractivity contribution in [3.8, 4) is 12.1 Å². The number of rotatable bonds is 0. The summed E-state index contributed by atoms with van der Waals surface area (Å²) < 4.78 is 0. The van der Waals surface area contributed by atoms with E-state index in [1.807, 2.05) is 13.8 Å². The van der Waals surface area contributed by atoms with E-state index >= 15 is 0 Å². The quantitative estimate of drug-likeness (QED) is 0.644. The van der Waals surface area contributed by atoms with Crippen molar-refractivity contribution in [2.24, 2.45) is 40.4 Å². The van der Waals surface area contributed by atoms with Gasteiger partial charge in [-0.1, -0.05) is 32.9 Å². The largest absolute Gasteiger partial charge is 0.298 e. The van der Waals surface area contributed by atoms with Gasteiger partial charge in [0.2, 0.25) is 0 Å². The van der Waals surface area contributed by atoms with Crippen LogP contribution in [0, 0.1) is 63.1 Å². The number of nitriles is 2. The van der Waals surface area contributed by atoms with Crippen molar-refractivity contribution < 1.29 is 9.59 Å². The standard InChI is InChI=1S/C19H22N2O2/c1-18(2)16-5-4-11-6-12(9-20)15(22)7-14(11)19(16,3)8-13(10-21)17(18)23/h4-5,11-14,16H,6-8H2,1-3H3. The number of allylic oxidation sites excluding steroid dienone is 2. The minimum absolute atomic E-state index is 0.0163. The molecule has 0 aromatic carbocycles. The zero-order valence-corrected chi connectivity index (χ0v) is 13.9. The molecule has 3 aliphatic rings. The van der Waals surface area contributed by atoms with Crippen molar-refractivity contribution in [1.29, 1.82) is 10.5 Å². The van der Waals surface area contributed by atoms with E-state index in [1.165, 1.54) is 0 Å². The van der Waals surface area contributed by atoms with Crippen LogP contribution >= 0.6 is 0 Å². The molecule has 0 heterocycles. The van der Waals surface area contributed by atoms with Gasteiger partial charge in [-0.3, -0.25) is 9.59 Å². The summed E-state index contributed by atoms with van der Waals surface area (Å²) in [6.45, 7) is 5.99. The fourth-order valence-electron chi connectivity index (χ4n) is 5.42. The Morgan fingerprint density at radius 3 is 2.35 bits per heavy atom. The number of hydrogen-bond acceptors (Lipinski definition) is 4. The molecule has 0 bridgehead atoms. The van der Waals surface area contributed by atoms with Crippen LogP contribution in [0.3, 0.4) is 0 Å². The van der Waals surface area contributed by atoms with Gasteiger partial charge in [0.25, 0.3) is 0 Å². The third kappa shape index (κ3) is 2.08. The van der Waals surface area contributed by atoms with Crippen LogP contribution in [0.15, 0.2) is 12.2 Å². The third-order valence-electron chi connectivity index (χ3n) is 6.63. The van der Waals surface area contributed by atoms with Crippen molar-refractivity contribution in [2.45, 2.75) is 40.0 Å². The number of ketones is 2. The molecule has 6 atom stereocenters. The molecule has 3 rings (SSSR count). The summed E-state index contributed by atoms with van der Waals surface area (Å²) in [7, 11) is 0. The maximum Gasteiger partial charge on any atom is 0.156 e. The van der Waals surface area contributed by atoms with Gasteiger partial charge in [-0.05, 0) is 36.0 Å². The van der Waals surface area contributed by atoms with E-state index in [2.05, 4.69) is 31.2 Å². The highest BCUT2D eigenvalue weighted by atomic mass is 16.1. The second-order valence-corrected chi connectivity index (χ2v) is 8.20. The average molecular weight is 310 g/mol. The summed E-state index contributed by atoms with van der Waals surface area (Å²) in [5.41, 5.74) is -0.836. The molecule has 0 spiro atoms. The zero-order chi connectivity index (χ0) is 17.0. The summed E-state index contributed by atoms with van der Waals surface area (Å²) >= 11 is 0. The Morgan fingerprint density at radius 2 is 1.74 bits per heavy atom. The summed E-state index contributed by atoms with van der Waals surface area (Å²) in [5, 5.41) is 18.6.